The summed E-state index contributed by atoms with van der Waals surface area (Å²) in [5.41, 5.74) is 2.94. The third-order valence-electron chi connectivity index (χ3n) is 3.73. The molecule has 2 aromatic heterocycles. The minimum Gasteiger partial charge on any atom is -0.276 e. The van der Waals surface area contributed by atoms with Gasteiger partial charge < -0.3 is 0 Å². The summed E-state index contributed by atoms with van der Waals surface area (Å²) < 4.78 is 0. The highest BCUT2D eigenvalue weighted by Crippen LogP contribution is 2.38. The molecule has 1 atom stereocenters. The predicted octanol–water partition coefficient (Wildman–Crippen LogP) is 3.69. The molecule has 3 aromatic rings. The van der Waals surface area contributed by atoms with E-state index in [0.717, 1.165) is 22.6 Å². The Balaban J connectivity index is 1.87. The van der Waals surface area contributed by atoms with Crippen LogP contribution in [0.3, 0.4) is 0 Å². The molecule has 1 N–H and O–H groups in total. The van der Waals surface area contributed by atoms with Crippen molar-refractivity contribution in [2.24, 2.45) is 10.2 Å². The molecule has 0 saturated heterocycles. The number of hydrogen-bond acceptors (Lipinski definition) is 4. The zero-order chi connectivity index (χ0) is 14.8. The predicted molar refractivity (Wildman–Crippen MR) is 83.0 cm³/mol. The van der Waals surface area contributed by atoms with E-state index in [1.807, 2.05) is 60.7 Å². The van der Waals surface area contributed by atoms with E-state index < -0.39 is 5.54 Å². The lowest BCUT2D eigenvalue weighted by atomic mass is 9.87. The minimum atomic E-state index is -0.655. The van der Waals surface area contributed by atoms with Crippen molar-refractivity contribution < 1.29 is 0 Å². The van der Waals surface area contributed by atoms with E-state index in [9.17, 15) is 0 Å². The lowest BCUT2D eigenvalue weighted by Crippen LogP contribution is -2.22. The summed E-state index contributed by atoms with van der Waals surface area (Å²) in [6, 6.07) is 17.9. The molecule has 0 amide bonds. The van der Waals surface area contributed by atoms with Gasteiger partial charge in [0.05, 0.1) is 17.1 Å². The summed E-state index contributed by atoms with van der Waals surface area (Å²) >= 11 is 0. The van der Waals surface area contributed by atoms with Crippen LogP contribution in [0.1, 0.15) is 11.3 Å². The molecule has 1 aromatic carbocycles. The number of aromatic amines is 1. The summed E-state index contributed by atoms with van der Waals surface area (Å²) in [6.07, 6.45) is 5.41. The molecule has 4 rings (SSSR count). The standard InChI is InChI=1S/C17H13N5/c1-2-5-13(6-3-1)17(10-12-19-22-17)16-8-4-7-14(20-16)15-9-11-18-21-15/h1-12H,(H,18,21). The second-order valence-corrected chi connectivity index (χ2v) is 5.04. The SMILES string of the molecule is C1=CC(c2ccccc2)(c2cccc(-c3ccn[nH]3)n2)N=N1. The van der Waals surface area contributed by atoms with Crippen LogP contribution in [0, 0.1) is 0 Å². The van der Waals surface area contributed by atoms with Gasteiger partial charge in [0, 0.05) is 12.4 Å². The maximum absolute atomic E-state index is 4.77. The van der Waals surface area contributed by atoms with E-state index in [4.69, 9.17) is 4.98 Å². The van der Waals surface area contributed by atoms with E-state index >= 15 is 0 Å². The fraction of sp³-hybridized carbons (Fsp3) is 0.0588. The number of nitrogens with zero attached hydrogens (tertiary/aromatic N) is 4. The normalized spacial score (nSPS) is 19.6. The van der Waals surface area contributed by atoms with Crippen LogP contribution in [-0.4, -0.2) is 15.2 Å². The number of aromatic nitrogens is 3. The van der Waals surface area contributed by atoms with Crippen molar-refractivity contribution in [3.63, 3.8) is 0 Å². The van der Waals surface area contributed by atoms with Crippen LogP contribution in [0.5, 0.6) is 0 Å². The van der Waals surface area contributed by atoms with Gasteiger partial charge in [0.25, 0.3) is 0 Å². The van der Waals surface area contributed by atoms with Gasteiger partial charge in [-0.1, -0.05) is 36.4 Å². The average Bonchev–Trinajstić information content (AvgIpc) is 3.28. The zero-order valence-electron chi connectivity index (χ0n) is 11.7. The average molecular weight is 287 g/mol. The van der Waals surface area contributed by atoms with E-state index in [0.29, 0.717) is 0 Å². The molecule has 0 radical (unpaired) electrons. The molecule has 1 aliphatic heterocycles. The Bertz CT molecular complexity index is 823. The highest BCUT2D eigenvalue weighted by atomic mass is 15.2. The molecule has 0 spiro atoms. The fourth-order valence-corrected chi connectivity index (χ4v) is 2.63. The summed E-state index contributed by atoms with van der Waals surface area (Å²) in [7, 11) is 0. The quantitative estimate of drug-likeness (QED) is 0.798. The molecule has 0 saturated carbocycles. The molecule has 5 heteroatoms. The lowest BCUT2D eigenvalue weighted by molar-refractivity contribution is 0.646. The summed E-state index contributed by atoms with van der Waals surface area (Å²) in [4.78, 5) is 4.77. The molecule has 22 heavy (non-hydrogen) atoms. The maximum atomic E-state index is 4.77. The Kier molecular flexibility index (Phi) is 2.89. The molecule has 106 valence electrons. The second kappa shape index (κ2) is 5.04. The van der Waals surface area contributed by atoms with Crippen LogP contribution in [-0.2, 0) is 5.54 Å². The Morgan fingerprint density at radius 1 is 0.909 bits per heavy atom. The van der Waals surface area contributed by atoms with Crippen LogP contribution in [0.2, 0.25) is 0 Å². The first-order valence-corrected chi connectivity index (χ1v) is 7.01. The number of hydrogen-bond donors (Lipinski definition) is 1. The van der Waals surface area contributed by atoms with Crippen molar-refractivity contribution in [1.82, 2.24) is 15.2 Å². The monoisotopic (exact) mass is 287 g/mol. The topological polar surface area (TPSA) is 66.3 Å². The van der Waals surface area contributed by atoms with Crippen LogP contribution in [0.4, 0.5) is 0 Å². The Labute approximate surface area is 127 Å². The third-order valence-corrected chi connectivity index (χ3v) is 3.73. The highest BCUT2D eigenvalue weighted by Gasteiger charge is 2.35. The molecule has 5 nitrogen and oxygen atoms in total. The number of rotatable bonds is 3. The van der Waals surface area contributed by atoms with Crippen molar-refractivity contribution >= 4 is 0 Å². The van der Waals surface area contributed by atoms with Crippen molar-refractivity contribution in [2.45, 2.75) is 5.54 Å². The van der Waals surface area contributed by atoms with Crippen molar-refractivity contribution in [3.05, 3.63) is 84.3 Å². The number of benzene rings is 1. The van der Waals surface area contributed by atoms with Crippen LogP contribution in [0.25, 0.3) is 11.4 Å². The summed E-state index contributed by atoms with van der Waals surface area (Å²) in [5.74, 6) is 0. The Hall–Kier alpha value is -3.08. The first-order chi connectivity index (χ1) is 10.9. The van der Waals surface area contributed by atoms with Gasteiger partial charge in [-0.15, -0.1) is 0 Å². The second-order valence-electron chi connectivity index (χ2n) is 5.04. The molecule has 1 aliphatic rings. The number of pyridine rings is 1. The van der Waals surface area contributed by atoms with Crippen LogP contribution in [0.15, 0.2) is 83.3 Å². The largest absolute Gasteiger partial charge is 0.276 e. The number of H-pyrrole nitrogens is 1. The highest BCUT2D eigenvalue weighted by molar-refractivity contribution is 5.55. The third kappa shape index (κ3) is 1.95. The molecule has 0 bridgehead atoms. The summed E-state index contributed by atoms with van der Waals surface area (Å²) in [6.45, 7) is 0. The molecule has 1 unspecified atom stereocenters. The first kappa shape index (κ1) is 12.6. The van der Waals surface area contributed by atoms with E-state index in [1.165, 1.54) is 0 Å². The van der Waals surface area contributed by atoms with E-state index in [2.05, 4.69) is 20.4 Å². The zero-order valence-corrected chi connectivity index (χ0v) is 11.7. The van der Waals surface area contributed by atoms with Crippen molar-refractivity contribution in [2.75, 3.05) is 0 Å². The lowest BCUT2D eigenvalue weighted by Gasteiger charge is -2.23. The summed E-state index contributed by atoms with van der Waals surface area (Å²) in [5, 5.41) is 15.4. The van der Waals surface area contributed by atoms with Gasteiger partial charge in [-0.05, 0) is 29.8 Å². The molecular weight excluding hydrogens is 274 g/mol. The van der Waals surface area contributed by atoms with Gasteiger partial charge >= 0.3 is 0 Å². The first-order valence-electron chi connectivity index (χ1n) is 7.01. The van der Waals surface area contributed by atoms with Gasteiger partial charge in [0.1, 0.15) is 0 Å². The van der Waals surface area contributed by atoms with Gasteiger partial charge in [0.15, 0.2) is 5.54 Å². The van der Waals surface area contributed by atoms with E-state index in [-0.39, 0.29) is 0 Å². The number of nitrogens with one attached hydrogen (secondary N) is 1. The minimum absolute atomic E-state index is 0.655. The van der Waals surface area contributed by atoms with Gasteiger partial charge in [-0.25, -0.2) is 4.98 Å². The van der Waals surface area contributed by atoms with Gasteiger partial charge in [-0.2, -0.15) is 15.3 Å². The van der Waals surface area contributed by atoms with Gasteiger partial charge in [-0.3, -0.25) is 5.10 Å². The Morgan fingerprint density at radius 3 is 2.55 bits per heavy atom. The van der Waals surface area contributed by atoms with Crippen molar-refractivity contribution in [1.29, 1.82) is 0 Å². The molecule has 3 heterocycles. The smallest absolute Gasteiger partial charge is 0.168 e. The van der Waals surface area contributed by atoms with Crippen LogP contribution < -0.4 is 0 Å². The van der Waals surface area contributed by atoms with Crippen molar-refractivity contribution in [3.8, 4) is 11.4 Å². The number of azo groups is 1. The molecule has 0 aliphatic carbocycles. The maximum Gasteiger partial charge on any atom is 0.168 e. The Morgan fingerprint density at radius 2 is 1.82 bits per heavy atom. The fourth-order valence-electron chi connectivity index (χ4n) is 2.63. The molecular formula is C17H13N5. The van der Waals surface area contributed by atoms with E-state index in [1.54, 1.807) is 12.4 Å². The van der Waals surface area contributed by atoms with Crippen LogP contribution >= 0.6 is 0 Å². The van der Waals surface area contributed by atoms with Gasteiger partial charge in [0.2, 0.25) is 0 Å². The molecule has 0 fully saturated rings.